The third kappa shape index (κ3) is 5.48. The predicted molar refractivity (Wildman–Crippen MR) is 231 cm³/mol. The molecule has 0 fully saturated rings. The highest BCUT2D eigenvalue weighted by Gasteiger charge is 2.22. The quantitative estimate of drug-likeness (QED) is 0.186. The van der Waals surface area contributed by atoms with Gasteiger partial charge in [-0.2, -0.15) is 0 Å². The van der Waals surface area contributed by atoms with Gasteiger partial charge in [-0.05, 0) is 70.3 Å². The van der Waals surface area contributed by atoms with E-state index in [-0.39, 0.29) is 6.17 Å². The Morgan fingerprint density at radius 1 is 0.429 bits per heavy atom. The smallest absolute Gasteiger partial charge is 0.159 e. The van der Waals surface area contributed by atoms with Gasteiger partial charge in [0.15, 0.2) is 5.84 Å². The molecular weight excluding hydrogens is 685 g/mol. The van der Waals surface area contributed by atoms with Crippen LogP contribution in [0, 0.1) is 0 Å². The van der Waals surface area contributed by atoms with E-state index in [1.807, 2.05) is 36.4 Å². The number of hydrogen-bond donors (Lipinski definition) is 1. The second-order valence-electron chi connectivity index (χ2n) is 14.3. The molecule has 5 heteroatoms. The predicted octanol–water partition coefficient (Wildman–Crippen LogP) is 12.5. The summed E-state index contributed by atoms with van der Waals surface area (Å²) in [5.41, 5.74) is 12.8. The van der Waals surface area contributed by atoms with Crippen molar-refractivity contribution in [2.45, 2.75) is 6.17 Å². The fourth-order valence-corrected chi connectivity index (χ4v) is 8.09. The Morgan fingerprint density at radius 3 is 1.61 bits per heavy atom. The first kappa shape index (κ1) is 32.0. The second-order valence-corrected chi connectivity index (χ2v) is 14.3. The fraction of sp³-hybridized carbons (Fsp3) is 0.0196. The molecule has 1 aliphatic heterocycles. The van der Waals surface area contributed by atoms with Gasteiger partial charge in [-0.1, -0.05) is 152 Å². The van der Waals surface area contributed by atoms with Crippen molar-refractivity contribution in [3.05, 3.63) is 211 Å². The first-order chi connectivity index (χ1) is 27.7. The molecule has 5 nitrogen and oxygen atoms in total. The summed E-state index contributed by atoms with van der Waals surface area (Å²) < 4.78 is 8.99. The van der Waals surface area contributed by atoms with Gasteiger partial charge in [0.05, 0.1) is 11.0 Å². The van der Waals surface area contributed by atoms with Crippen LogP contribution in [-0.2, 0) is 0 Å². The third-order valence-electron chi connectivity index (χ3n) is 10.9. The third-order valence-corrected chi connectivity index (χ3v) is 10.9. The number of furan rings is 1. The number of rotatable bonds is 6. The highest BCUT2D eigenvalue weighted by Crippen LogP contribution is 2.39. The van der Waals surface area contributed by atoms with Crippen molar-refractivity contribution in [1.29, 1.82) is 0 Å². The lowest BCUT2D eigenvalue weighted by molar-refractivity contribution is 0.666. The molecule has 0 spiro atoms. The summed E-state index contributed by atoms with van der Waals surface area (Å²) in [5, 5.41) is 8.14. The minimum Gasteiger partial charge on any atom is -0.456 e. The number of nitrogens with one attached hydrogen (secondary N) is 1. The molecule has 264 valence electrons. The summed E-state index contributed by atoms with van der Waals surface area (Å²) in [7, 11) is 0. The fourth-order valence-electron chi connectivity index (χ4n) is 8.09. The lowest BCUT2D eigenvalue weighted by Gasteiger charge is -2.23. The molecule has 0 saturated carbocycles. The van der Waals surface area contributed by atoms with Crippen LogP contribution in [0.1, 0.15) is 22.9 Å². The van der Waals surface area contributed by atoms with Crippen LogP contribution in [-0.4, -0.2) is 16.2 Å². The van der Waals surface area contributed by atoms with E-state index in [0.29, 0.717) is 5.84 Å². The maximum Gasteiger partial charge on any atom is 0.159 e. The molecule has 0 amide bonds. The van der Waals surface area contributed by atoms with Crippen LogP contribution in [0.25, 0.3) is 71.7 Å². The molecule has 2 aromatic heterocycles. The number of aromatic nitrogens is 1. The van der Waals surface area contributed by atoms with Crippen LogP contribution in [0.15, 0.2) is 209 Å². The molecule has 3 heterocycles. The maximum absolute atomic E-state index is 6.59. The van der Waals surface area contributed by atoms with Crippen LogP contribution in [0.4, 0.5) is 0 Å². The zero-order valence-electron chi connectivity index (χ0n) is 30.3. The van der Waals surface area contributed by atoms with Gasteiger partial charge in [0.2, 0.25) is 0 Å². The lowest BCUT2D eigenvalue weighted by Crippen LogP contribution is -2.33. The lowest BCUT2D eigenvalue weighted by atomic mass is 10.0. The Bertz CT molecular complexity index is 3050. The van der Waals surface area contributed by atoms with Gasteiger partial charge in [0, 0.05) is 38.4 Å². The minimum atomic E-state index is -0.274. The summed E-state index contributed by atoms with van der Waals surface area (Å²) in [6, 6.07) is 68.2. The average molecular weight is 719 g/mol. The van der Waals surface area contributed by atoms with Gasteiger partial charge >= 0.3 is 0 Å². The summed E-state index contributed by atoms with van der Waals surface area (Å²) in [6.45, 7) is 0. The molecule has 0 aliphatic carbocycles. The Balaban J connectivity index is 1.05. The molecule has 0 saturated heterocycles. The van der Waals surface area contributed by atoms with Crippen molar-refractivity contribution in [2.24, 2.45) is 9.98 Å². The van der Waals surface area contributed by atoms with Gasteiger partial charge in [0.1, 0.15) is 23.2 Å². The summed E-state index contributed by atoms with van der Waals surface area (Å²) in [5.74, 6) is 1.45. The molecule has 8 aromatic carbocycles. The molecule has 56 heavy (non-hydrogen) atoms. The first-order valence-electron chi connectivity index (χ1n) is 18.9. The van der Waals surface area contributed by atoms with Crippen molar-refractivity contribution < 1.29 is 4.42 Å². The summed E-state index contributed by atoms with van der Waals surface area (Å²) in [4.78, 5) is 10.0. The van der Waals surface area contributed by atoms with E-state index >= 15 is 0 Å². The van der Waals surface area contributed by atoms with Gasteiger partial charge in [-0.15, -0.1) is 0 Å². The van der Waals surface area contributed by atoms with E-state index in [9.17, 15) is 0 Å². The molecule has 1 N–H and O–H groups in total. The Morgan fingerprint density at radius 2 is 0.982 bits per heavy atom. The monoisotopic (exact) mass is 718 g/mol. The molecular formula is C51H34N4O. The van der Waals surface area contributed by atoms with Gasteiger partial charge in [-0.25, -0.2) is 9.98 Å². The number of fused-ring (bicyclic) bond motifs is 6. The van der Waals surface area contributed by atoms with Gasteiger partial charge in [-0.3, -0.25) is 0 Å². The van der Waals surface area contributed by atoms with Crippen LogP contribution in [0.5, 0.6) is 0 Å². The van der Waals surface area contributed by atoms with Crippen molar-refractivity contribution >= 4 is 55.4 Å². The van der Waals surface area contributed by atoms with E-state index in [2.05, 4.69) is 168 Å². The van der Waals surface area contributed by atoms with Crippen molar-refractivity contribution in [3.63, 3.8) is 0 Å². The summed E-state index contributed by atoms with van der Waals surface area (Å²) in [6.07, 6.45) is -0.274. The highest BCUT2D eigenvalue weighted by atomic mass is 16.3. The number of amidine groups is 2. The molecule has 11 rings (SSSR count). The van der Waals surface area contributed by atoms with Crippen LogP contribution in [0.2, 0.25) is 0 Å². The zero-order chi connectivity index (χ0) is 37.0. The number of hydrogen-bond acceptors (Lipinski definition) is 4. The number of benzene rings is 8. The summed E-state index contributed by atoms with van der Waals surface area (Å²) >= 11 is 0. The SMILES string of the molecule is c1ccc(C2=NC(c3ccccc3)NC(c3ccc4c(c3)oc3ccc(-n5c6cc(-c7ccccc7)ccc6c6ccc(-c7ccccc7)cc65)cc34)=N2)cc1. The molecule has 10 aromatic rings. The molecule has 0 radical (unpaired) electrons. The van der Waals surface area contributed by atoms with Gasteiger partial charge < -0.3 is 14.3 Å². The van der Waals surface area contributed by atoms with Crippen molar-refractivity contribution in [2.75, 3.05) is 0 Å². The van der Waals surface area contributed by atoms with Crippen molar-refractivity contribution in [3.8, 4) is 27.9 Å². The van der Waals surface area contributed by atoms with E-state index in [4.69, 9.17) is 14.4 Å². The zero-order valence-corrected chi connectivity index (χ0v) is 30.3. The Labute approximate surface area is 323 Å². The molecule has 1 atom stereocenters. The highest BCUT2D eigenvalue weighted by molar-refractivity contribution is 6.15. The Kier molecular flexibility index (Phi) is 7.49. The standard InChI is InChI=1S/C51H34N4O/c1-5-13-33(14-6-1)37-21-25-41-42-26-22-38(34-15-7-2-8-16-34)30-46(42)55(45(41)29-37)40-24-28-47-44(32-40)43-27-23-39(31-48(43)56-47)51-53-49(35-17-9-3-10-18-35)52-50(54-51)36-19-11-4-12-20-36/h1-32,49H,(H,52,53,54). The van der Waals surface area contributed by atoms with Crippen LogP contribution in [0.3, 0.4) is 0 Å². The second kappa shape index (κ2) is 13.1. The minimum absolute atomic E-state index is 0.274. The largest absolute Gasteiger partial charge is 0.456 e. The number of aliphatic imine (C=N–C) groups is 2. The first-order valence-corrected chi connectivity index (χ1v) is 18.9. The molecule has 1 unspecified atom stereocenters. The topological polar surface area (TPSA) is 54.8 Å². The van der Waals surface area contributed by atoms with E-state index in [1.165, 1.54) is 33.0 Å². The normalized spacial score (nSPS) is 14.2. The van der Waals surface area contributed by atoms with E-state index in [1.54, 1.807) is 0 Å². The van der Waals surface area contributed by atoms with E-state index in [0.717, 1.165) is 61.2 Å². The van der Waals surface area contributed by atoms with Crippen LogP contribution < -0.4 is 5.32 Å². The van der Waals surface area contributed by atoms with E-state index < -0.39 is 0 Å². The van der Waals surface area contributed by atoms with Crippen LogP contribution >= 0.6 is 0 Å². The molecule has 1 aliphatic rings. The average Bonchev–Trinajstić information content (AvgIpc) is 3.81. The van der Waals surface area contributed by atoms with Gasteiger partial charge in [0.25, 0.3) is 0 Å². The maximum atomic E-state index is 6.59. The molecule has 0 bridgehead atoms. The number of nitrogens with zero attached hydrogens (tertiary/aromatic N) is 3. The van der Waals surface area contributed by atoms with Crippen molar-refractivity contribution in [1.82, 2.24) is 9.88 Å². The Hall–Kier alpha value is -7.50.